The molecule has 0 bridgehead atoms. The van der Waals surface area contributed by atoms with Gasteiger partial charge in [0.1, 0.15) is 0 Å². The lowest BCUT2D eigenvalue weighted by Gasteiger charge is -2.40. The molecule has 2 fully saturated rings. The number of piperidine rings is 1. The first-order chi connectivity index (χ1) is 10.6. The van der Waals surface area contributed by atoms with Crippen molar-refractivity contribution >= 4 is 30.7 Å². The van der Waals surface area contributed by atoms with Crippen LogP contribution in [-0.2, 0) is 9.53 Å². The highest BCUT2D eigenvalue weighted by atomic mass is 35.5. The lowest BCUT2D eigenvalue weighted by molar-refractivity contribution is -0.135. The third-order valence-corrected chi connectivity index (χ3v) is 5.34. The molecule has 24 heavy (non-hydrogen) atoms. The summed E-state index contributed by atoms with van der Waals surface area (Å²) >= 11 is 0. The number of carbonyl (C=O) groups excluding carboxylic acids is 1. The number of carbonyl (C=O) groups is 1. The van der Waals surface area contributed by atoms with E-state index in [1.54, 1.807) is 7.11 Å². The molecule has 1 N–H and O–H groups in total. The summed E-state index contributed by atoms with van der Waals surface area (Å²) in [5, 5.41) is 3.46. The number of hydrogen-bond acceptors (Lipinski definition) is 4. The molecule has 7 heteroatoms. The molecule has 2 saturated heterocycles. The van der Waals surface area contributed by atoms with E-state index in [0.717, 1.165) is 45.9 Å². The van der Waals surface area contributed by atoms with Crippen molar-refractivity contribution in [3.05, 3.63) is 0 Å². The van der Waals surface area contributed by atoms with Gasteiger partial charge in [0.25, 0.3) is 0 Å². The van der Waals surface area contributed by atoms with Crippen LogP contribution in [0.2, 0.25) is 0 Å². The Bertz CT molecular complexity index is 355. The Kier molecular flexibility index (Phi) is 12.3. The molecule has 0 aromatic carbocycles. The Hall–Kier alpha value is -0.0700. The fourth-order valence-electron chi connectivity index (χ4n) is 3.70. The molecular formula is C17H35Cl2N3O2. The third kappa shape index (κ3) is 7.04. The second kappa shape index (κ2) is 12.3. The summed E-state index contributed by atoms with van der Waals surface area (Å²) < 4.78 is 5.16. The fourth-order valence-corrected chi connectivity index (χ4v) is 3.70. The van der Waals surface area contributed by atoms with Crippen LogP contribution in [0, 0.1) is 11.8 Å². The molecule has 1 amide bonds. The first-order valence-corrected chi connectivity index (χ1v) is 8.83. The molecule has 0 aliphatic carbocycles. The number of piperazine rings is 1. The van der Waals surface area contributed by atoms with Crippen LogP contribution in [0.25, 0.3) is 0 Å². The Morgan fingerprint density at radius 3 is 2.67 bits per heavy atom. The zero-order chi connectivity index (χ0) is 15.9. The molecule has 3 atom stereocenters. The van der Waals surface area contributed by atoms with Gasteiger partial charge in [0.05, 0.1) is 6.61 Å². The smallest absolute Gasteiger partial charge is 0.222 e. The monoisotopic (exact) mass is 383 g/mol. The van der Waals surface area contributed by atoms with Gasteiger partial charge in [-0.3, -0.25) is 9.69 Å². The van der Waals surface area contributed by atoms with Gasteiger partial charge in [0, 0.05) is 45.8 Å². The Labute approximate surface area is 159 Å². The number of nitrogens with zero attached hydrogens (tertiary/aromatic N) is 2. The van der Waals surface area contributed by atoms with E-state index in [0.29, 0.717) is 30.2 Å². The van der Waals surface area contributed by atoms with Gasteiger partial charge in [0.2, 0.25) is 5.91 Å². The van der Waals surface area contributed by atoms with Gasteiger partial charge >= 0.3 is 0 Å². The maximum atomic E-state index is 12.6. The van der Waals surface area contributed by atoms with Gasteiger partial charge in [-0.2, -0.15) is 0 Å². The molecule has 2 aliphatic rings. The van der Waals surface area contributed by atoms with Crippen molar-refractivity contribution in [1.82, 2.24) is 15.1 Å². The Morgan fingerprint density at radius 1 is 1.33 bits per heavy atom. The molecule has 3 unspecified atom stereocenters. The first kappa shape index (κ1) is 23.9. The van der Waals surface area contributed by atoms with Gasteiger partial charge in [-0.25, -0.2) is 0 Å². The number of hydrogen-bond donors (Lipinski definition) is 1. The quantitative estimate of drug-likeness (QED) is 0.761. The molecule has 0 saturated carbocycles. The largest absolute Gasteiger partial charge is 0.383 e. The van der Waals surface area contributed by atoms with E-state index in [-0.39, 0.29) is 24.8 Å². The summed E-state index contributed by atoms with van der Waals surface area (Å²) in [5.74, 6) is 1.50. The van der Waals surface area contributed by atoms with Crippen molar-refractivity contribution in [2.45, 2.75) is 39.2 Å². The number of halogens is 2. The van der Waals surface area contributed by atoms with Crippen molar-refractivity contribution in [3.8, 4) is 0 Å². The normalized spacial score (nSPS) is 26.2. The number of ether oxygens (including phenoxy) is 1. The summed E-state index contributed by atoms with van der Waals surface area (Å²) in [4.78, 5) is 17.1. The molecule has 0 spiro atoms. The number of amides is 1. The highest BCUT2D eigenvalue weighted by molar-refractivity contribution is 5.85. The van der Waals surface area contributed by atoms with Crippen LogP contribution in [-0.4, -0.2) is 74.7 Å². The standard InChI is InChI=1S/C17H33N3O2.2ClH/c1-14(16-5-4-6-18-12-16)11-17(21)20-8-7-19(9-10-22-3)15(2)13-20;;/h14-16,18H,4-13H2,1-3H3;2*1H. The Balaban J connectivity index is 0.00000264. The van der Waals surface area contributed by atoms with Gasteiger partial charge < -0.3 is 15.0 Å². The van der Waals surface area contributed by atoms with Crippen molar-refractivity contribution in [1.29, 1.82) is 0 Å². The predicted molar refractivity (Wildman–Crippen MR) is 103 cm³/mol. The minimum atomic E-state index is 0. The molecule has 2 aliphatic heterocycles. The average molecular weight is 384 g/mol. The van der Waals surface area contributed by atoms with E-state index < -0.39 is 0 Å². The predicted octanol–water partition coefficient (Wildman–Crippen LogP) is 2.03. The average Bonchev–Trinajstić information content (AvgIpc) is 2.54. The topological polar surface area (TPSA) is 44.8 Å². The summed E-state index contributed by atoms with van der Waals surface area (Å²) in [6.45, 7) is 11.1. The van der Waals surface area contributed by atoms with Crippen LogP contribution in [0.15, 0.2) is 0 Å². The minimum Gasteiger partial charge on any atom is -0.383 e. The highest BCUT2D eigenvalue weighted by Gasteiger charge is 2.29. The molecular weight excluding hydrogens is 349 g/mol. The van der Waals surface area contributed by atoms with Gasteiger partial charge in [-0.05, 0) is 44.7 Å². The van der Waals surface area contributed by atoms with E-state index in [2.05, 4.69) is 29.0 Å². The molecule has 0 aromatic heterocycles. The molecule has 144 valence electrons. The summed E-state index contributed by atoms with van der Waals surface area (Å²) in [6.07, 6.45) is 3.22. The van der Waals surface area contributed by atoms with E-state index >= 15 is 0 Å². The second-order valence-corrected chi connectivity index (χ2v) is 7.01. The molecule has 0 aromatic rings. The van der Waals surface area contributed by atoms with E-state index in [1.165, 1.54) is 12.8 Å². The van der Waals surface area contributed by atoms with Crippen LogP contribution in [0.3, 0.4) is 0 Å². The molecule has 2 heterocycles. The van der Waals surface area contributed by atoms with Crippen molar-refractivity contribution in [3.63, 3.8) is 0 Å². The van der Waals surface area contributed by atoms with E-state index in [4.69, 9.17) is 4.74 Å². The third-order valence-electron chi connectivity index (χ3n) is 5.34. The Morgan fingerprint density at radius 2 is 2.08 bits per heavy atom. The van der Waals surface area contributed by atoms with E-state index in [1.807, 2.05) is 0 Å². The fraction of sp³-hybridized carbons (Fsp3) is 0.941. The first-order valence-electron chi connectivity index (χ1n) is 8.83. The molecule has 0 radical (unpaired) electrons. The van der Waals surface area contributed by atoms with Crippen molar-refractivity contribution in [2.24, 2.45) is 11.8 Å². The highest BCUT2D eigenvalue weighted by Crippen LogP contribution is 2.23. The summed E-state index contributed by atoms with van der Waals surface area (Å²) in [7, 11) is 1.74. The van der Waals surface area contributed by atoms with Crippen LogP contribution in [0.4, 0.5) is 0 Å². The SMILES string of the molecule is COCCN1CCN(C(=O)CC(C)C2CCCNC2)CC1C.Cl.Cl. The van der Waals surface area contributed by atoms with E-state index in [9.17, 15) is 4.79 Å². The zero-order valence-corrected chi connectivity index (χ0v) is 17.0. The maximum Gasteiger partial charge on any atom is 0.222 e. The summed E-state index contributed by atoms with van der Waals surface area (Å²) in [5.41, 5.74) is 0. The van der Waals surface area contributed by atoms with Crippen LogP contribution in [0.5, 0.6) is 0 Å². The second-order valence-electron chi connectivity index (χ2n) is 7.01. The van der Waals surface area contributed by atoms with Gasteiger partial charge in [-0.1, -0.05) is 6.92 Å². The number of rotatable bonds is 6. The van der Waals surface area contributed by atoms with Crippen LogP contribution < -0.4 is 5.32 Å². The lowest BCUT2D eigenvalue weighted by atomic mass is 9.85. The van der Waals surface area contributed by atoms with Crippen LogP contribution >= 0.6 is 24.8 Å². The molecule has 5 nitrogen and oxygen atoms in total. The van der Waals surface area contributed by atoms with Crippen LogP contribution in [0.1, 0.15) is 33.1 Å². The molecule has 2 rings (SSSR count). The van der Waals surface area contributed by atoms with Gasteiger partial charge in [-0.15, -0.1) is 24.8 Å². The lowest BCUT2D eigenvalue weighted by Crippen LogP contribution is -2.54. The number of nitrogens with one attached hydrogen (secondary N) is 1. The minimum absolute atomic E-state index is 0. The zero-order valence-electron chi connectivity index (χ0n) is 15.3. The van der Waals surface area contributed by atoms with Gasteiger partial charge in [0.15, 0.2) is 0 Å². The maximum absolute atomic E-state index is 12.6. The van der Waals surface area contributed by atoms with Crippen molar-refractivity contribution in [2.75, 3.05) is 53.0 Å². The number of methoxy groups -OCH3 is 1. The summed E-state index contributed by atoms with van der Waals surface area (Å²) in [6, 6.07) is 0.430. The van der Waals surface area contributed by atoms with Crippen molar-refractivity contribution < 1.29 is 9.53 Å².